The van der Waals surface area contributed by atoms with Gasteiger partial charge in [0.15, 0.2) is 5.78 Å². The van der Waals surface area contributed by atoms with Crippen molar-refractivity contribution >= 4 is 17.5 Å². The Balaban J connectivity index is 0.00000337. The van der Waals surface area contributed by atoms with Gasteiger partial charge in [0.1, 0.15) is 11.9 Å². The van der Waals surface area contributed by atoms with E-state index in [0.29, 0.717) is 6.42 Å². The van der Waals surface area contributed by atoms with Crippen molar-refractivity contribution in [3.63, 3.8) is 0 Å². The van der Waals surface area contributed by atoms with Crippen LogP contribution in [-0.4, -0.2) is 35.5 Å². The molecule has 0 aromatic heterocycles. The van der Waals surface area contributed by atoms with Gasteiger partial charge in [-0.3, -0.25) is 20.3 Å². The number of rotatable bonds is 2. The number of nitriles is 1. The van der Waals surface area contributed by atoms with Crippen LogP contribution in [0.15, 0.2) is 23.3 Å². The van der Waals surface area contributed by atoms with Crippen LogP contribution in [0.4, 0.5) is 0 Å². The molecule has 6 atom stereocenters. The number of likely N-dealkylation sites (tertiary alicyclic amines) is 1. The van der Waals surface area contributed by atoms with Crippen molar-refractivity contribution in [1.82, 2.24) is 4.90 Å². The number of carbonyl (C=O) groups is 3. The van der Waals surface area contributed by atoms with Crippen molar-refractivity contribution < 1.29 is 33.2 Å². The van der Waals surface area contributed by atoms with Crippen molar-refractivity contribution in [1.29, 1.82) is 5.26 Å². The summed E-state index contributed by atoms with van der Waals surface area (Å²) in [4.78, 5) is 42.8. The second-order valence-corrected chi connectivity index (χ2v) is 16.3. The fourth-order valence-electron chi connectivity index (χ4n) is 10.9. The number of carbonyl (C=O) groups excluding carboxylic acids is 3. The van der Waals surface area contributed by atoms with Gasteiger partial charge < -0.3 is 4.90 Å². The average molecular weight is 551 g/mol. The molecule has 41 heavy (non-hydrogen) atoms. The van der Waals surface area contributed by atoms with Crippen molar-refractivity contribution in [2.45, 2.75) is 106 Å². The normalized spacial score (nSPS) is 43.0. The maximum Gasteiger partial charge on any atom is 1.00 e. The van der Waals surface area contributed by atoms with Gasteiger partial charge in [-0.15, -0.1) is 5.41 Å². The summed E-state index contributed by atoms with van der Waals surface area (Å²) in [6.45, 7) is 17.2. The Morgan fingerprint density at radius 2 is 1.68 bits per heavy atom. The minimum Gasteiger partial charge on any atom is -0.345 e. The SMILES string of the molecule is CC1(C)CC[C@]2(CN3CCCC3=O)CC[C@]3(C)[C@H](C(=O)C=C4[C@@]5(C)C=C(C#N)C(=O)C(C)(C)C5CC[C@]43C)[C-]2C1.[Li+]. The molecule has 4 fully saturated rings. The van der Waals surface area contributed by atoms with E-state index in [4.69, 9.17) is 0 Å². The molecule has 6 rings (SSSR count). The third-order valence-electron chi connectivity index (χ3n) is 13.3. The summed E-state index contributed by atoms with van der Waals surface area (Å²) in [6.07, 6.45) is 12.4. The van der Waals surface area contributed by atoms with Gasteiger partial charge in [0.05, 0.1) is 5.57 Å². The summed E-state index contributed by atoms with van der Waals surface area (Å²) in [5.74, 6) is 1.75. The first kappa shape index (κ1) is 30.8. The summed E-state index contributed by atoms with van der Waals surface area (Å²) in [5, 5.41) is 9.93. The summed E-state index contributed by atoms with van der Waals surface area (Å²) in [6, 6.07) is 2.20. The maximum atomic E-state index is 14.6. The van der Waals surface area contributed by atoms with E-state index in [1.54, 1.807) is 0 Å². The molecule has 0 radical (unpaired) electrons. The van der Waals surface area contributed by atoms with Gasteiger partial charge in [-0.2, -0.15) is 11.7 Å². The predicted octanol–water partition coefficient (Wildman–Crippen LogP) is 3.79. The first-order valence-corrected chi connectivity index (χ1v) is 15.6. The molecule has 0 spiro atoms. The first-order valence-electron chi connectivity index (χ1n) is 15.6. The van der Waals surface area contributed by atoms with Gasteiger partial charge in [-0.25, -0.2) is 0 Å². The zero-order chi connectivity index (χ0) is 29.1. The maximum absolute atomic E-state index is 14.6. The molecule has 1 amide bonds. The van der Waals surface area contributed by atoms with Gasteiger partial charge in [-0.1, -0.05) is 97.1 Å². The minimum atomic E-state index is -0.649. The number of ketones is 2. The van der Waals surface area contributed by atoms with Gasteiger partial charge in [0.25, 0.3) is 0 Å². The van der Waals surface area contributed by atoms with Crippen molar-refractivity contribution in [2.24, 2.45) is 44.3 Å². The molecule has 6 aliphatic rings. The molecule has 1 aliphatic heterocycles. The Morgan fingerprint density at radius 3 is 2.32 bits per heavy atom. The zero-order valence-corrected chi connectivity index (χ0v) is 26.7. The molecule has 0 N–H and O–H groups in total. The fourth-order valence-corrected chi connectivity index (χ4v) is 10.9. The van der Waals surface area contributed by atoms with Crippen molar-refractivity contribution in [3.8, 4) is 6.07 Å². The zero-order valence-electron chi connectivity index (χ0n) is 26.7. The smallest absolute Gasteiger partial charge is 0.345 e. The summed E-state index contributed by atoms with van der Waals surface area (Å²) in [7, 11) is 0. The van der Waals surface area contributed by atoms with E-state index < -0.39 is 10.8 Å². The number of nitrogens with zero attached hydrogens (tertiary/aromatic N) is 2. The Bertz CT molecular complexity index is 1300. The van der Waals surface area contributed by atoms with E-state index in [1.807, 2.05) is 26.0 Å². The molecule has 6 heteroatoms. The van der Waals surface area contributed by atoms with Crippen LogP contribution in [-0.2, 0) is 14.4 Å². The number of hydrogen-bond donors (Lipinski definition) is 0. The number of hydrogen-bond acceptors (Lipinski definition) is 4. The molecule has 0 aromatic carbocycles. The first-order chi connectivity index (χ1) is 18.5. The molecule has 5 nitrogen and oxygen atoms in total. The van der Waals surface area contributed by atoms with E-state index >= 15 is 0 Å². The number of allylic oxidation sites excluding steroid dienone is 4. The molecule has 216 valence electrons. The fraction of sp³-hybridized carbons (Fsp3) is 0.743. The van der Waals surface area contributed by atoms with Crippen LogP contribution in [0.3, 0.4) is 0 Å². The number of fused-ring (bicyclic) bond motifs is 7. The van der Waals surface area contributed by atoms with Gasteiger partial charge in [0, 0.05) is 23.8 Å². The van der Waals surface area contributed by atoms with Crippen LogP contribution in [0.1, 0.15) is 106 Å². The third-order valence-corrected chi connectivity index (χ3v) is 13.3. The van der Waals surface area contributed by atoms with Crippen molar-refractivity contribution in [3.05, 3.63) is 29.2 Å². The molecular formula is C35H47LiN2O3. The largest absolute Gasteiger partial charge is 1.00 e. The summed E-state index contributed by atoms with van der Waals surface area (Å²) < 4.78 is 0. The molecule has 3 saturated carbocycles. The van der Waals surface area contributed by atoms with Crippen molar-refractivity contribution in [2.75, 3.05) is 13.1 Å². The van der Waals surface area contributed by atoms with E-state index in [9.17, 15) is 19.6 Å². The van der Waals surface area contributed by atoms with Crippen LogP contribution < -0.4 is 18.9 Å². The topological polar surface area (TPSA) is 78.2 Å². The average Bonchev–Trinajstić information content (AvgIpc) is 3.27. The summed E-state index contributed by atoms with van der Waals surface area (Å²) >= 11 is 0. The standard InChI is InChI=1S/C35H47N2O3.Li/c1-30(2)12-14-35(21-37-16-8-9-27(37)39)15-13-34(7)28(23(35)19-30)24(38)17-26-32(5)18-22(20-36)29(40)31(3,4)25(32)10-11-33(26,34)6;/h17-18,25,28H,8-16,19,21H2,1-7H3;/q-1;+1/t25?,28-,32-,33+,34+,35+;/m0./s1. The molecule has 1 unspecified atom stereocenters. The van der Waals surface area contributed by atoms with Gasteiger partial charge >= 0.3 is 18.9 Å². The Kier molecular flexibility index (Phi) is 7.09. The van der Waals surface area contributed by atoms with Crippen LogP contribution in [0, 0.1) is 61.6 Å². The molecule has 5 aliphatic carbocycles. The summed E-state index contributed by atoms with van der Waals surface area (Å²) in [5.41, 5.74) is -0.161. The Morgan fingerprint density at radius 1 is 1.00 bits per heavy atom. The van der Waals surface area contributed by atoms with Crippen LogP contribution in [0.2, 0.25) is 0 Å². The quantitative estimate of drug-likeness (QED) is 0.387. The monoisotopic (exact) mass is 550 g/mol. The van der Waals surface area contributed by atoms with E-state index in [0.717, 1.165) is 70.0 Å². The number of amides is 1. The predicted molar refractivity (Wildman–Crippen MR) is 154 cm³/mol. The molecular weight excluding hydrogens is 503 g/mol. The molecule has 0 bridgehead atoms. The van der Waals surface area contributed by atoms with E-state index in [2.05, 4.69) is 45.6 Å². The molecule has 1 saturated heterocycles. The van der Waals surface area contributed by atoms with Gasteiger partial charge in [0.2, 0.25) is 5.91 Å². The molecule has 0 aromatic rings. The second-order valence-electron chi connectivity index (χ2n) is 16.3. The Hall–Kier alpha value is -1.62. The van der Waals surface area contributed by atoms with Crippen LogP contribution in [0.5, 0.6) is 0 Å². The second kappa shape index (κ2) is 9.44. The van der Waals surface area contributed by atoms with Crippen LogP contribution in [0.25, 0.3) is 0 Å². The molecule has 1 heterocycles. The van der Waals surface area contributed by atoms with Gasteiger partial charge in [-0.05, 0) is 48.6 Å². The third kappa shape index (κ3) is 4.02. The Labute approximate surface area is 259 Å². The van der Waals surface area contributed by atoms with Crippen LogP contribution >= 0.6 is 0 Å². The number of Topliss-reactive ketones (excluding diaryl/α,β-unsaturated/α-hetero) is 1. The van der Waals surface area contributed by atoms with E-state index in [-0.39, 0.29) is 75.4 Å². The minimum absolute atomic E-state index is 0. The van der Waals surface area contributed by atoms with E-state index in [1.165, 1.54) is 5.92 Å².